The fourth-order valence-corrected chi connectivity index (χ4v) is 4.20. The Labute approximate surface area is 154 Å². The summed E-state index contributed by atoms with van der Waals surface area (Å²) < 4.78 is 38.4. The molecule has 0 radical (unpaired) electrons. The minimum Gasteiger partial charge on any atom is -0.325 e. The van der Waals surface area contributed by atoms with Gasteiger partial charge in [-0.25, -0.2) is 0 Å². The molecule has 1 aromatic carbocycles. The molecule has 2 aromatic rings. The Kier molecular flexibility index (Phi) is 5.27. The Hall–Kier alpha value is -2.02. The topological polar surface area (TPSA) is 33.2 Å². The molecule has 0 bridgehead atoms. The number of rotatable bonds is 4. The third-order valence-corrected chi connectivity index (χ3v) is 5.36. The van der Waals surface area contributed by atoms with Crippen molar-refractivity contribution < 1.29 is 18.0 Å². The largest absolute Gasteiger partial charge is 0.416 e. The van der Waals surface area contributed by atoms with Gasteiger partial charge in [-0.15, -0.1) is 11.8 Å². The predicted molar refractivity (Wildman–Crippen MR) is 96.4 cm³/mol. The molecule has 2 heterocycles. The van der Waals surface area contributed by atoms with Gasteiger partial charge in [0.2, 0.25) is 5.91 Å². The highest BCUT2D eigenvalue weighted by atomic mass is 32.2. The van der Waals surface area contributed by atoms with Crippen LogP contribution in [0.5, 0.6) is 0 Å². The van der Waals surface area contributed by atoms with Gasteiger partial charge in [0.1, 0.15) is 5.37 Å². The average molecular weight is 380 g/mol. The molecule has 1 fully saturated rings. The van der Waals surface area contributed by atoms with Crippen molar-refractivity contribution in [3.63, 3.8) is 0 Å². The highest BCUT2D eigenvalue weighted by Crippen LogP contribution is 2.42. The highest BCUT2D eigenvalue weighted by molar-refractivity contribution is 8.00. The van der Waals surface area contributed by atoms with Gasteiger partial charge in [-0.2, -0.15) is 13.2 Å². The molecule has 7 heteroatoms. The first kappa shape index (κ1) is 18.8. The van der Waals surface area contributed by atoms with Gasteiger partial charge in [-0.3, -0.25) is 9.78 Å². The Morgan fingerprint density at radius 2 is 1.92 bits per heavy atom. The number of nitrogens with zero attached hydrogens (tertiary/aromatic N) is 2. The van der Waals surface area contributed by atoms with Crippen molar-refractivity contribution in [1.29, 1.82) is 0 Å². The van der Waals surface area contributed by atoms with Crippen LogP contribution in [0.15, 0.2) is 42.6 Å². The Morgan fingerprint density at radius 1 is 1.23 bits per heavy atom. The fourth-order valence-electron chi connectivity index (χ4n) is 2.98. The number of halogens is 3. The van der Waals surface area contributed by atoms with E-state index in [4.69, 9.17) is 0 Å². The summed E-state index contributed by atoms with van der Waals surface area (Å²) in [6.45, 7) is 4.73. The predicted octanol–water partition coefficient (Wildman–Crippen LogP) is 5.00. The fraction of sp³-hybridized carbons (Fsp3) is 0.368. The second kappa shape index (κ2) is 7.31. The van der Waals surface area contributed by atoms with Gasteiger partial charge in [-0.05, 0) is 24.1 Å². The van der Waals surface area contributed by atoms with Crippen LogP contribution in [-0.4, -0.2) is 28.1 Å². The molecule has 3 nitrogen and oxygen atoms in total. The highest BCUT2D eigenvalue weighted by Gasteiger charge is 2.35. The number of hydrogen-bond acceptors (Lipinski definition) is 3. The molecule has 26 heavy (non-hydrogen) atoms. The van der Waals surface area contributed by atoms with Crippen molar-refractivity contribution in [2.45, 2.75) is 25.4 Å². The maximum atomic E-state index is 12.8. The summed E-state index contributed by atoms with van der Waals surface area (Å²) in [6.07, 6.45) is -2.75. The summed E-state index contributed by atoms with van der Waals surface area (Å²) in [6, 6.07) is 8.68. The lowest BCUT2D eigenvalue weighted by Gasteiger charge is -2.27. The van der Waals surface area contributed by atoms with Gasteiger partial charge >= 0.3 is 6.18 Å². The molecule has 1 atom stereocenters. The molecule has 1 aromatic heterocycles. The molecule has 1 amide bonds. The van der Waals surface area contributed by atoms with Crippen molar-refractivity contribution in [2.75, 3.05) is 12.3 Å². The van der Waals surface area contributed by atoms with Crippen LogP contribution in [0.4, 0.5) is 13.2 Å². The van der Waals surface area contributed by atoms with Crippen LogP contribution in [0, 0.1) is 5.92 Å². The van der Waals surface area contributed by atoms with Crippen molar-refractivity contribution in [3.05, 3.63) is 53.7 Å². The third kappa shape index (κ3) is 3.87. The minimum atomic E-state index is -4.37. The van der Waals surface area contributed by atoms with Crippen LogP contribution < -0.4 is 0 Å². The zero-order valence-electron chi connectivity index (χ0n) is 14.5. The van der Waals surface area contributed by atoms with E-state index in [2.05, 4.69) is 4.98 Å². The van der Waals surface area contributed by atoms with Crippen LogP contribution in [-0.2, 0) is 11.0 Å². The van der Waals surface area contributed by atoms with E-state index in [1.807, 2.05) is 24.8 Å². The number of amides is 1. The lowest BCUT2D eigenvalue weighted by atomic mass is 10.0. The van der Waals surface area contributed by atoms with Crippen molar-refractivity contribution in [1.82, 2.24) is 9.88 Å². The molecule has 3 rings (SSSR count). The van der Waals surface area contributed by atoms with E-state index >= 15 is 0 Å². The van der Waals surface area contributed by atoms with Crippen LogP contribution in [0.2, 0.25) is 0 Å². The second-order valence-electron chi connectivity index (χ2n) is 6.62. The molecule has 0 aliphatic carbocycles. The first-order valence-electron chi connectivity index (χ1n) is 8.31. The maximum Gasteiger partial charge on any atom is 0.416 e. The summed E-state index contributed by atoms with van der Waals surface area (Å²) >= 11 is 1.53. The standard InChI is InChI=1S/C19H19F3N2OS/c1-12(2)10-24-16(25)11-26-18(24)15-4-3-9-23-17(15)13-5-7-14(8-6-13)19(20,21)22/h3-9,12,18H,10-11H2,1-2H3. The molecule has 1 aliphatic rings. The number of benzene rings is 1. The molecule has 1 unspecified atom stereocenters. The Morgan fingerprint density at radius 3 is 2.54 bits per heavy atom. The maximum absolute atomic E-state index is 12.8. The number of thioether (sulfide) groups is 1. The summed E-state index contributed by atoms with van der Waals surface area (Å²) in [5, 5.41) is -0.170. The number of hydrogen-bond donors (Lipinski definition) is 0. The summed E-state index contributed by atoms with van der Waals surface area (Å²) in [4.78, 5) is 18.5. The lowest BCUT2D eigenvalue weighted by Crippen LogP contribution is -2.32. The van der Waals surface area contributed by atoms with Gasteiger partial charge in [0.15, 0.2) is 0 Å². The monoisotopic (exact) mass is 380 g/mol. The van der Waals surface area contributed by atoms with Crippen LogP contribution >= 0.6 is 11.8 Å². The number of carbonyl (C=O) groups excluding carboxylic acids is 1. The molecule has 0 spiro atoms. The number of carbonyl (C=O) groups is 1. The van der Waals surface area contributed by atoms with Crippen LogP contribution in [0.3, 0.4) is 0 Å². The summed E-state index contributed by atoms with van der Waals surface area (Å²) in [5.74, 6) is 0.806. The number of aromatic nitrogens is 1. The number of alkyl halides is 3. The second-order valence-corrected chi connectivity index (χ2v) is 7.69. The van der Waals surface area contributed by atoms with Crippen molar-refractivity contribution >= 4 is 17.7 Å². The summed E-state index contributed by atoms with van der Waals surface area (Å²) in [5.41, 5.74) is 1.38. The number of pyridine rings is 1. The SMILES string of the molecule is CC(C)CN1C(=O)CSC1c1cccnc1-c1ccc(C(F)(F)F)cc1. The third-order valence-electron chi connectivity index (χ3n) is 4.12. The zero-order chi connectivity index (χ0) is 18.9. The van der Waals surface area contributed by atoms with Gasteiger partial charge in [0.25, 0.3) is 0 Å². The molecular weight excluding hydrogens is 361 g/mol. The average Bonchev–Trinajstić information content (AvgIpc) is 2.94. The quantitative estimate of drug-likeness (QED) is 0.749. The molecular formula is C19H19F3N2OS. The van der Waals surface area contributed by atoms with Crippen molar-refractivity contribution in [2.24, 2.45) is 5.92 Å². The molecule has 0 N–H and O–H groups in total. The van der Waals surface area contributed by atoms with Crippen LogP contribution in [0.1, 0.15) is 30.3 Å². The summed E-state index contributed by atoms with van der Waals surface area (Å²) in [7, 11) is 0. The zero-order valence-corrected chi connectivity index (χ0v) is 15.3. The molecule has 1 saturated heterocycles. The van der Waals surface area contributed by atoms with E-state index in [0.717, 1.165) is 17.7 Å². The van der Waals surface area contributed by atoms with Crippen LogP contribution in [0.25, 0.3) is 11.3 Å². The van der Waals surface area contributed by atoms with E-state index in [0.29, 0.717) is 29.5 Å². The van der Waals surface area contributed by atoms with E-state index in [-0.39, 0.29) is 11.3 Å². The minimum absolute atomic E-state index is 0.0796. The molecule has 138 valence electrons. The van der Waals surface area contributed by atoms with E-state index < -0.39 is 11.7 Å². The van der Waals surface area contributed by atoms with Gasteiger partial charge in [0, 0.05) is 23.9 Å². The van der Waals surface area contributed by atoms with Gasteiger partial charge in [0.05, 0.1) is 17.0 Å². The first-order chi connectivity index (χ1) is 12.3. The molecule has 1 aliphatic heterocycles. The first-order valence-corrected chi connectivity index (χ1v) is 9.36. The Bertz CT molecular complexity index is 790. The lowest BCUT2D eigenvalue weighted by molar-refractivity contribution is -0.137. The van der Waals surface area contributed by atoms with E-state index in [9.17, 15) is 18.0 Å². The smallest absolute Gasteiger partial charge is 0.325 e. The van der Waals surface area contributed by atoms with E-state index in [1.165, 1.54) is 23.9 Å². The van der Waals surface area contributed by atoms with Crippen molar-refractivity contribution in [3.8, 4) is 11.3 Å². The Balaban J connectivity index is 1.97. The van der Waals surface area contributed by atoms with Gasteiger partial charge in [-0.1, -0.05) is 32.0 Å². The normalized spacial score (nSPS) is 18.0. The van der Waals surface area contributed by atoms with E-state index in [1.54, 1.807) is 12.3 Å². The van der Waals surface area contributed by atoms with Gasteiger partial charge < -0.3 is 4.90 Å². The molecule has 0 saturated carbocycles.